The molecule has 28 heavy (non-hydrogen) atoms. The molecule has 0 aliphatic rings. The molecule has 0 aliphatic heterocycles. The fourth-order valence-electron chi connectivity index (χ4n) is 3.26. The van der Waals surface area contributed by atoms with Gasteiger partial charge in [-0.1, -0.05) is 24.3 Å². The van der Waals surface area contributed by atoms with Crippen molar-refractivity contribution < 1.29 is 10.2 Å². The molecule has 0 saturated heterocycles. The molecule has 0 atom stereocenters. The average molecular weight is 375 g/mol. The van der Waals surface area contributed by atoms with E-state index in [0.717, 1.165) is 27.8 Å². The standard InChI is InChI=1S/C21H21N5O2/c22-20-19-18(15-2-1-3-17(28)10-15)12-26(21(19)25-13-24-20)16-6-4-14(5-7-16)11-23-8-9-27/h1-7,10,12-13,23,27-28H,8-9,11H2,(H2,22,24,25). The Morgan fingerprint density at radius 1 is 1.07 bits per heavy atom. The van der Waals surface area contributed by atoms with E-state index in [2.05, 4.69) is 15.3 Å². The van der Waals surface area contributed by atoms with Gasteiger partial charge in [-0.2, -0.15) is 0 Å². The highest BCUT2D eigenvalue weighted by Crippen LogP contribution is 2.35. The quantitative estimate of drug-likeness (QED) is 0.386. The third-order valence-corrected chi connectivity index (χ3v) is 4.60. The predicted octanol–water partition coefficient (Wildman–Crippen LogP) is 2.46. The smallest absolute Gasteiger partial charge is 0.150 e. The fraction of sp³-hybridized carbons (Fsp3) is 0.143. The number of aliphatic hydroxyl groups is 1. The van der Waals surface area contributed by atoms with E-state index in [1.54, 1.807) is 18.2 Å². The Morgan fingerprint density at radius 2 is 1.89 bits per heavy atom. The van der Waals surface area contributed by atoms with Crippen LogP contribution in [0.25, 0.3) is 27.8 Å². The van der Waals surface area contributed by atoms with Gasteiger partial charge < -0.3 is 25.8 Å². The number of benzene rings is 2. The summed E-state index contributed by atoms with van der Waals surface area (Å²) in [7, 11) is 0. The molecular weight excluding hydrogens is 354 g/mol. The molecule has 7 heteroatoms. The van der Waals surface area contributed by atoms with Crippen molar-refractivity contribution in [2.45, 2.75) is 6.54 Å². The van der Waals surface area contributed by atoms with E-state index in [1.807, 2.05) is 41.1 Å². The molecule has 0 bridgehead atoms. The zero-order valence-corrected chi connectivity index (χ0v) is 15.2. The van der Waals surface area contributed by atoms with Crippen molar-refractivity contribution in [3.63, 3.8) is 0 Å². The van der Waals surface area contributed by atoms with Crippen LogP contribution in [-0.4, -0.2) is 37.9 Å². The number of rotatable bonds is 6. The van der Waals surface area contributed by atoms with Crippen LogP contribution in [0, 0.1) is 0 Å². The number of phenolic OH excluding ortho intramolecular Hbond substituents is 1. The molecule has 0 unspecified atom stereocenters. The van der Waals surface area contributed by atoms with Gasteiger partial charge in [0.05, 0.1) is 12.0 Å². The first-order valence-electron chi connectivity index (χ1n) is 8.99. The van der Waals surface area contributed by atoms with Crippen molar-refractivity contribution >= 4 is 16.9 Å². The SMILES string of the molecule is Nc1ncnc2c1c(-c1cccc(O)c1)cn2-c1ccc(CNCCO)cc1. The Bertz CT molecular complexity index is 1110. The van der Waals surface area contributed by atoms with E-state index in [9.17, 15) is 5.11 Å². The summed E-state index contributed by atoms with van der Waals surface area (Å²) in [4.78, 5) is 8.58. The van der Waals surface area contributed by atoms with Crippen LogP contribution in [0.15, 0.2) is 61.1 Å². The minimum absolute atomic E-state index is 0.117. The average Bonchev–Trinajstić information content (AvgIpc) is 3.10. The van der Waals surface area contributed by atoms with Gasteiger partial charge in [-0.3, -0.25) is 0 Å². The van der Waals surface area contributed by atoms with Gasteiger partial charge in [-0.25, -0.2) is 9.97 Å². The summed E-state index contributed by atoms with van der Waals surface area (Å²) in [5.74, 6) is 0.584. The number of aromatic nitrogens is 3. The summed E-state index contributed by atoms with van der Waals surface area (Å²) in [6.45, 7) is 1.37. The second-order valence-corrected chi connectivity index (χ2v) is 6.49. The molecule has 0 saturated carbocycles. The maximum absolute atomic E-state index is 9.87. The van der Waals surface area contributed by atoms with Crippen LogP contribution in [0.2, 0.25) is 0 Å². The van der Waals surface area contributed by atoms with E-state index in [1.165, 1.54) is 6.33 Å². The summed E-state index contributed by atoms with van der Waals surface area (Å²) in [6, 6.07) is 15.1. The normalized spacial score (nSPS) is 11.2. The van der Waals surface area contributed by atoms with E-state index in [0.29, 0.717) is 24.6 Å². The van der Waals surface area contributed by atoms with Crippen LogP contribution in [0.3, 0.4) is 0 Å². The topological polar surface area (TPSA) is 109 Å². The summed E-state index contributed by atoms with van der Waals surface area (Å²) in [5.41, 5.74) is 10.6. The highest BCUT2D eigenvalue weighted by molar-refractivity contribution is 6.01. The Morgan fingerprint density at radius 3 is 2.64 bits per heavy atom. The van der Waals surface area contributed by atoms with E-state index < -0.39 is 0 Å². The Labute approximate surface area is 162 Å². The third kappa shape index (κ3) is 3.40. The molecule has 4 rings (SSSR count). The second-order valence-electron chi connectivity index (χ2n) is 6.49. The molecule has 0 spiro atoms. The number of nitrogens with zero attached hydrogens (tertiary/aromatic N) is 3. The molecule has 0 aliphatic carbocycles. The van der Waals surface area contributed by atoms with E-state index in [-0.39, 0.29) is 12.4 Å². The number of phenols is 1. The molecule has 5 N–H and O–H groups in total. The van der Waals surface area contributed by atoms with Crippen LogP contribution < -0.4 is 11.1 Å². The number of hydrogen-bond acceptors (Lipinski definition) is 6. The number of nitrogen functional groups attached to an aromatic ring is 1. The molecule has 0 fully saturated rings. The lowest BCUT2D eigenvalue weighted by Gasteiger charge is -2.07. The first-order valence-corrected chi connectivity index (χ1v) is 8.99. The van der Waals surface area contributed by atoms with Gasteiger partial charge in [0.15, 0.2) is 5.65 Å². The van der Waals surface area contributed by atoms with Crippen molar-refractivity contribution in [2.24, 2.45) is 0 Å². The summed E-state index contributed by atoms with van der Waals surface area (Å²) < 4.78 is 1.97. The number of hydrogen-bond donors (Lipinski definition) is 4. The van der Waals surface area contributed by atoms with Crippen molar-refractivity contribution in [3.8, 4) is 22.6 Å². The van der Waals surface area contributed by atoms with Crippen molar-refractivity contribution in [1.82, 2.24) is 19.9 Å². The third-order valence-electron chi connectivity index (χ3n) is 4.60. The minimum atomic E-state index is 0.117. The van der Waals surface area contributed by atoms with E-state index >= 15 is 0 Å². The van der Waals surface area contributed by atoms with Gasteiger partial charge in [0.1, 0.15) is 17.9 Å². The second kappa shape index (κ2) is 7.67. The van der Waals surface area contributed by atoms with Gasteiger partial charge in [-0.15, -0.1) is 0 Å². The molecular formula is C21H21N5O2. The van der Waals surface area contributed by atoms with Crippen LogP contribution in [-0.2, 0) is 6.54 Å². The molecule has 0 amide bonds. The lowest BCUT2D eigenvalue weighted by molar-refractivity contribution is 0.292. The Balaban J connectivity index is 1.79. The minimum Gasteiger partial charge on any atom is -0.508 e. The highest BCUT2D eigenvalue weighted by Gasteiger charge is 2.16. The van der Waals surface area contributed by atoms with Gasteiger partial charge in [0.2, 0.25) is 0 Å². The van der Waals surface area contributed by atoms with Crippen molar-refractivity contribution in [2.75, 3.05) is 18.9 Å². The molecule has 2 aromatic carbocycles. The highest BCUT2D eigenvalue weighted by atomic mass is 16.3. The maximum atomic E-state index is 9.87. The van der Waals surface area contributed by atoms with E-state index in [4.69, 9.17) is 10.8 Å². The number of fused-ring (bicyclic) bond motifs is 1. The van der Waals surface area contributed by atoms with Gasteiger partial charge in [0, 0.05) is 30.5 Å². The number of nitrogens with two attached hydrogens (primary N) is 1. The predicted molar refractivity (Wildman–Crippen MR) is 109 cm³/mol. The number of aromatic hydroxyl groups is 1. The van der Waals surface area contributed by atoms with Crippen molar-refractivity contribution in [1.29, 1.82) is 0 Å². The monoisotopic (exact) mass is 375 g/mol. The summed E-state index contributed by atoms with van der Waals surface area (Å²) in [6.07, 6.45) is 3.41. The fourth-order valence-corrected chi connectivity index (χ4v) is 3.26. The Hall–Kier alpha value is -3.42. The largest absolute Gasteiger partial charge is 0.508 e. The lowest BCUT2D eigenvalue weighted by atomic mass is 10.1. The molecule has 7 nitrogen and oxygen atoms in total. The van der Waals surface area contributed by atoms with Gasteiger partial charge >= 0.3 is 0 Å². The number of aliphatic hydroxyl groups excluding tert-OH is 1. The number of nitrogens with one attached hydrogen (secondary N) is 1. The van der Waals surface area contributed by atoms with Crippen molar-refractivity contribution in [3.05, 3.63) is 66.6 Å². The summed E-state index contributed by atoms with van der Waals surface area (Å²) in [5, 5.41) is 22.7. The first kappa shape index (κ1) is 18.0. The Kier molecular flexibility index (Phi) is 4.92. The zero-order valence-electron chi connectivity index (χ0n) is 15.2. The first-order chi connectivity index (χ1) is 13.7. The van der Waals surface area contributed by atoms with Gasteiger partial charge in [0.25, 0.3) is 0 Å². The van der Waals surface area contributed by atoms with Crippen LogP contribution in [0.4, 0.5) is 5.82 Å². The molecule has 2 heterocycles. The molecule has 4 aromatic rings. The molecule has 2 aromatic heterocycles. The van der Waals surface area contributed by atoms with Crippen LogP contribution in [0.1, 0.15) is 5.56 Å². The number of anilines is 1. The lowest BCUT2D eigenvalue weighted by Crippen LogP contribution is -2.17. The molecule has 0 radical (unpaired) electrons. The van der Waals surface area contributed by atoms with Crippen LogP contribution >= 0.6 is 0 Å². The molecule has 142 valence electrons. The van der Waals surface area contributed by atoms with Gasteiger partial charge in [-0.05, 0) is 35.4 Å². The zero-order chi connectivity index (χ0) is 19.5. The summed E-state index contributed by atoms with van der Waals surface area (Å²) >= 11 is 0. The maximum Gasteiger partial charge on any atom is 0.150 e. The van der Waals surface area contributed by atoms with Crippen LogP contribution in [0.5, 0.6) is 5.75 Å².